The normalized spacial score (nSPS) is 16.7. The molecular weight excluding hydrogens is 283 g/mol. The molecule has 0 saturated carbocycles. The molecule has 0 radical (unpaired) electrons. The summed E-state index contributed by atoms with van der Waals surface area (Å²) in [6.45, 7) is 0. The summed E-state index contributed by atoms with van der Waals surface area (Å²) in [6, 6.07) is 11.0. The lowest BCUT2D eigenvalue weighted by atomic mass is 9.88. The third-order valence-corrected chi connectivity index (χ3v) is 3.79. The quantitative estimate of drug-likeness (QED) is 0.796. The first-order chi connectivity index (χ1) is 10.6. The first-order valence-electron chi connectivity index (χ1n) is 7.24. The van der Waals surface area contributed by atoms with Gasteiger partial charge in [-0.25, -0.2) is 9.18 Å². The van der Waals surface area contributed by atoms with E-state index in [-0.39, 0.29) is 6.10 Å². The molecule has 3 N–H and O–H groups in total. The van der Waals surface area contributed by atoms with E-state index in [9.17, 15) is 14.3 Å². The van der Waals surface area contributed by atoms with Crippen molar-refractivity contribution in [2.45, 2.75) is 25.4 Å². The van der Waals surface area contributed by atoms with Gasteiger partial charge in [-0.05, 0) is 48.2 Å². The van der Waals surface area contributed by atoms with Crippen molar-refractivity contribution >= 4 is 17.4 Å². The number of carbonyl (C=O) groups is 1. The highest BCUT2D eigenvalue weighted by Gasteiger charge is 2.19. The summed E-state index contributed by atoms with van der Waals surface area (Å²) in [4.78, 5) is 12.1. The molecule has 1 aliphatic carbocycles. The van der Waals surface area contributed by atoms with Crippen molar-refractivity contribution in [3.8, 4) is 0 Å². The maximum absolute atomic E-state index is 13.1. The molecule has 1 aliphatic rings. The van der Waals surface area contributed by atoms with Crippen LogP contribution >= 0.6 is 0 Å². The topological polar surface area (TPSA) is 61.4 Å². The van der Waals surface area contributed by atoms with Gasteiger partial charge in [-0.15, -0.1) is 0 Å². The minimum atomic E-state index is -0.431. The maximum atomic E-state index is 13.1. The lowest BCUT2D eigenvalue weighted by molar-refractivity contribution is 0.159. The molecule has 114 valence electrons. The molecule has 3 rings (SSSR count). The number of carbonyl (C=O) groups excluding carboxylic acids is 1. The van der Waals surface area contributed by atoms with Crippen LogP contribution in [0.15, 0.2) is 42.5 Å². The molecule has 0 aliphatic heterocycles. The van der Waals surface area contributed by atoms with Crippen molar-refractivity contribution in [1.29, 1.82) is 0 Å². The van der Waals surface area contributed by atoms with Gasteiger partial charge in [0.05, 0.1) is 6.10 Å². The van der Waals surface area contributed by atoms with Crippen molar-refractivity contribution in [2.24, 2.45) is 0 Å². The highest BCUT2D eigenvalue weighted by atomic mass is 19.1. The Labute approximate surface area is 128 Å². The second-order valence-corrected chi connectivity index (χ2v) is 5.43. The van der Waals surface area contributed by atoms with E-state index in [1.54, 1.807) is 6.07 Å². The van der Waals surface area contributed by atoms with E-state index in [0.29, 0.717) is 17.8 Å². The van der Waals surface area contributed by atoms with Crippen molar-refractivity contribution in [2.75, 3.05) is 10.6 Å². The molecule has 2 aromatic carbocycles. The Morgan fingerprint density at radius 2 is 2.00 bits per heavy atom. The third kappa shape index (κ3) is 3.26. The van der Waals surface area contributed by atoms with Crippen molar-refractivity contribution in [3.05, 3.63) is 59.4 Å². The Morgan fingerprint density at radius 3 is 2.82 bits per heavy atom. The number of benzene rings is 2. The fraction of sp³-hybridized carbons (Fsp3) is 0.235. The minimum Gasteiger partial charge on any atom is -0.393 e. The van der Waals surface area contributed by atoms with Crippen LogP contribution in [0.5, 0.6) is 0 Å². The number of hydrogen-bond acceptors (Lipinski definition) is 2. The van der Waals surface area contributed by atoms with E-state index >= 15 is 0 Å². The van der Waals surface area contributed by atoms with E-state index in [2.05, 4.69) is 10.6 Å². The number of aliphatic hydroxyl groups is 1. The smallest absolute Gasteiger partial charge is 0.323 e. The monoisotopic (exact) mass is 300 g/mol. The fourth-order valence-electron chi connectivity index (χ4n) is 2.74. The Bertz CT molecular complexity index is 703. The maximum Gasteiger partial charge on any atom is 0.323 e. The second kappa shape index (κ2) is 6.15. The summed E-state index contributed by atoms with van der Waals surface area (Å²) >= 11 is 0. The van der Waals surface area contributed by atoms with Gasteiger partial charge < -0.3 is 15.7 Å². The van der Waals surface area contributed by atoms with Crippen LogP contribution in [0.2, 0.25) is 0 Å². The predicted molar refractivity (Wildman–Crippen MR) is 83.5 cm³/mol. The lowest BCUT2D eigenvalue weighted by Gasteiger charge is -2.23. The van der Waals surface area contributed by atoms with Crippen LogP contribution < -0.4 is 10.6 Å². The zero-order chi connectivity index (χ0) is 15.5. The average Bonchev–Trinajstić information content (AvgIpc) is 2.48. The van der Waals surface area contributed by atoms with Gasteiger partial charge in [0.25, 0.3) is 0 Å². The van der Waals surface area contributed by atoms with Crippen LogP contribution in [0.4, 0.5) is 20.6 Å². The van der Waals surface area contributed by atoms with Gasteiger partial charge in [0, 0.05) is 17.8 Å². The molecular formula is C17H17FN2O2. The number of hydrogen-bond donors (Lipinski definition) is 3. The first-order valence-corrected chi connectivity index (χ1v) is 7.24. The van der Waals surface area contributed by atoms with E-state index < -0.39 is 11.8 Å². The van der Waals surface area contributed by atoms with Crippen LogP contribution in [0, 0.1) is 5.82 Å². The van der Waals surface area contributed by atoms with Gasteiger partial charge in [0.1, 0.15) is 5.82 Å². The zero-order valence-electron chi connectivity index (χ0n) is 12.0. The van der Waals surface area contributed by atoms with E-state index in [1.807, 2.05) is 18.2 Å². The Morgan fingerprint density at radius 1 is 1.18 bits per heavy atom. The standard InChI is InChI=1S/C17H17FN2O2/c18-12-4-2-5-13(9-12)19-17(22)20-16-6-1-3-11-7-8-14(21)10-15(11)16/h1-6,9,14,21H,7-8,10H2,(H2,19,20,22). The lowest BCUT2D eigenvalue weighted by Crippen LogP contribution is -2.24. The largest absolute Gasteiger partial charge is 0.393 e. The van der Waals surface area contributed by atoms with E-state index in [4.69, 9.17) is 0 Å². The van der Waals surface area contributed by atoms with Crippen LogP contribution in [0.3, 0.4) is 0 Å². The van der Waals surface area contributed by atoms with Gasteiger partial charge >= 0.3 is 6.03 Å². The SMILES string of the molecule is O=C(Nc1cccc(F)c1)Nc1cccc2c1CC(O)CC2. The number of anilines is 2. The molecule has 0 saturated heterocycles. The molecule has 1 atom stereocenters. The highest BCUT2D eigenvalue weighted by Crippen LogP contribution is 2.28. The van der Waals surface area contributed by atoms with Crippen LogP contribution in [0.25, 0.3) is 0 Å². The number of fused-ring (bicyclic) bond motifs is 1. The molecule has 0 spiro atoms. The highest BCUT2D eigenvalue weighted by molar-refractivity contribution is 6.00. The molecule has 0 bridgehead atoms. The summed E-state index contributed by atoms with van der Waals surface area (Å²) in [5.74, 6) is -0.405. The molecule has 0 heterocycles. The summed E-state index contributed by atoms with van der Waals surface area (Å²) in [7, 11) is 0. The van der Waals surface area contributed by atoms with Gasteiger partial charge in [-0.2, -0.15) is 0 Å². The molecule has 0 fully saturated rings. The Kier molecular flexibility index (Phi) is 4.06. The average molecular weight is 300 g/mol. The number of aryl methyl sites for hydroxylation is 1. The van der Waals surface area contributed by atoms with Crippen molar-refractivity contribution < 1.29 is 14.3 Å². The van der Waals surface area contributed by atoms with Gasteiger partial charge in [-0.3, -0.25) is 0 Å². The number of halogens is 1. The number of aliphatic hydroxyl groups excluding tert-OH is 1. The molecule has 2 amide bonds. The van der Waals surface area contributed by atoms with E-state index in [0.717, 1.165) is 24.0 Å². The van der Waals surface area contributed by atoms with Crippen LogP contribution in [0.1, 0.15) is 17.5 Å². The molecule has 1 unspecified atom stereocenters. The minimum absolute atomic E-state index is 0.373. The van der Waals surface area contributed by atoms with Gasteiger partial charge in [0.15, 0.2) is 0 Å². The predicted octanol–water partition coefficient (Wildman–Crippen LogP) is 3.32. The van der Waals surface area contributed by atoms with Crippen LogP contribution in [-0.4, -0.2) is 17.2 Å². The molecule has 5 heteroatoms. The summed E-state index contributed by atoms with van der Waals surface area (Å²) in [5, 5.41) is 15.2. The number of amides is 2. The summed E-state index contributed by atoms with van der Waals surface area (Å²) < 4.78 is 13.1. The van der Waals surface area contributed by atoms with Gasteiger partial charge in [-0.1, -0.05) is 18.2 Å². The summed E-state index contributed by atoms with van der Waals surface area (Å²) in [5.41, 5.74) is 3.19. The molecule has 4 nitrogen and oxygen atoms in total. The summed E-state index contributed by atoms with van der Waals surface area (Å²) in [6.07, 6.45) is 1.71. The number of urea groups is 1. The zero-order valence-corrected chi connectivity index (χ0v) is 12.0. The van der Waals surface area contributed by atoms with Crippen molar-refractivity contribution in [1.82, 2.24) is 0 Å². The third-order valence-electron chi connectivity index (χ3n) is 3.79. The fourth-order valence-corrected chi connectivity index (χ4v) is 2.74. The van der Waals surface area contributed by atoms with E-state index in [1.165, 1.54) is 18.2 Å². The molecule has 0 aromatic heterocycles. The van der Waals surface area contributed by atoms with Crippen LogP contribution in [-0.2, 0) is 12.8 Å². The van der Waals surface area contributed by atoms with Gasteiger partial charge in [0.2, 0.25) is 0 Å². The number of rotatable bonds is 2. The van der Waals surface area contributed by atoms with Crippen molar-refractivity contribution in [3.63, 3.8) is 0 Å². The second-order valence-electron chi connectivity index (χ2n) is 5.43. The molecule has 2 aromatic rings. The Balaban J connectivity index is 1.74. The molecule has 22 heavy (non-hydrogen) atoms. The number of nitrogens with one attached hydrogen (secondary N) is 2. The Hall–Kier alpha value is -2.40. The first kappa shape index (κ1) is 14.5.